The second kappa shape index (κ2) is 8.34. The molecule has 0 N–H and O–H groups in total. The molecule has 0 saturated heterocycles. The van der Waals surface area contributed by atoms with Crippen molar-refractivity contribution in [2.45, 2.75) is 11.8 Å². The number of Topliss-reactive ketones (excluding diaryl/α,β-unsaturated/α-hetero) is 1. The third-order valence-corrected chi connectivity index (χ3v) is 4.11. The van der Waals surface area contributed by atoms with Gasteiger partial charge in [0.1, 0.15) is 0 Å². The van der Waals surface area contributed by atoms with E-state index in [1.165, 1.54) is 11.8 Å². The molecule has 2 aromatic carbocycles. The molecule has 128 valence electrons. The molecule has 0 atom stereocenters. The van der Waals surface area contributed by atoms with Gasteiger partial charge >= 0.3 is 0 Å². The van der Waals surface area contributed by atoms with E-state index in [2.05, 4.69) is 10.2 Å². The first kappa shape index (κ1) is 17.0. The van der Waals surface area contributed by atoms with E-state index in [0.717, 1.165) is 0 Å². The Labute approximate surface area is 149 Å². The molecule has 0 bridgehead atoms. The number of benzene rings is 2. The van der Waals surface area contributed by atoms with Gasteiger partial charge in [-0.05, 0) is 12.1 Å². The molecular weight excluding hydrogens is 340 g/mol. The molecule has 6 nitrogen and oxygen atoms in total. The third-order valence-electron chi connectivity index (χ3n) is 3.29. The number of carbonyl (C=O) groups excluding carboxylic acids is 1. The minimum atomic E-state index is 0.00984. The van der Waals surface area contributed by atoms with Crippen LogP contribution in [0.4, 0.5) is 0 Å². The van der Waals surface area contributed by atoms with Crippen LogP contribution in [0.15, 0.2) is 64.2 Å². The van der Waals surface area contributed by atoms with Gasteiger partial charge in [-0.2, -0.15) is 0 Å². The predicted molar refractivity (Wildman–Crippen MR) is 93.1 cm³/mol. The number of hydrogen-bond acceptors (Lipinski definition) is 7. The Morgan fingerprint density at radius 2 is 1.76 bits per heavy atom. The van der Waals surface area contributed by atoms with Gasteiger partial charge in [-0.3, -0.25) is 4.79 Å². The highest BCUT2D eigenvalue weighted by molar-refractivity contribution is 7.99. The van der Waals surface area contributed by atoms with Crippen LogP contribution in [-0.2, 0) is 6.61 Å². The lowest BCUT2D eigenvalue weighted by molar-refractivity contribution is 0.102. The normalized spacial score (nSPS) is 10.4. The fourth-order valence-corrected chi connectivity index (χ4v) is 2.74. The number of thioether (sulfide) groups is 1. The van der Waals surface area contributed by atoms with Crippen molar-refractivity contribution in [1.29, 1.82) is 0 Å². The van der Waals surface area contributed by atoms with Gasteiger partial charge < -0.3 is 13.9 Å². The monoisotopic (exact) mass is 356 g/mol. The SMILES string of the molecule is COc1ccccc1OCc1nnc(SCC(=O)c2ccccc2)o1. The van der Waals surface area contributed by atoms with Crippen molar-refractivity contribution >= 4 is 17.5 Å². The Bertz CT molecular complexity index is 836. The highest BCUT2D eigenvalue weighted by Crippen LogP contribution is 2.27. The summed E-state index contributed by atoms with van der Waals surface area (Å²) in [5, 5.41) is 8.18. The summed E-state index contributed by atoms with van der Waals surface area (Å²) < 4.78 is 16.3. The van der Waals surface area contributed by atoms with Gasteiger partial charge in [-0.1, -0.05) is 54.2 Å². The molecule has 0 fully saturated rings. The lowest BCUT2D eigenvalue weighted by Crippen LogP contribution is -2.01. The first-order valence-corrected chi connectivity index (χ1v) is 8.54. The fraction of sp³-hybridized carbons (Fsp3) is 0.167. The highest BCUT2D eigenvalue weighted by Gasteiger charge is 2.12. The van der Waals surface area contributed by atoms with E-state index >= 15 is 0 Å². The Balaban J connectivity index is 1.53. The Kier molecular flexibility index (Phi) is 5.69. The molecule has 25 heavy (non-hydrogen) atoms. The summed E-state index contributed by atoms with van der Waals surface area (Å²) in [4.78, 5) is 12.1. The third kappa shape index (κ3) is 4.60. The number of ether oxygens (including phenoxy) is 2. The average molecular weight is 356 g/mol. The minimum absolute atomic E-state index is 0.00984. The van der Waals surface area contributed by atoms with Crippen molar-refractivity contribution in [3.8, 4) is 11.5 Å². The van der Waals surface area contributed by atoms with Crippen molar-refractivity contribution in [2.24, 2.45) is 0 Å². The molecule has 3 aromatic rings. The number of methoxy groups -OCH3 is 1. The molecule has 1 heterocycles. The van der Waals surface area contributed by atoms with E-state index in [9.17, 15) is 4.79 Å². The summed E-state index contributed by atoms with van der Waals surface area (Å²) in [6, 6.07) is 16.4. The average Bonchev–Trinajstić information content (AvgIpc) is 3.13. The van der Waals surface area contributed by atoms with Gasteiger partial charge in [-0.15, -0.1) is 10.2 Å². The molecule has 0 aliphatic heterocycles. The van der Waals surface area contributed by atoms with E-state index in [1.54, 1.807) is 31.4 Å². The van der Waals surface area contributed by atoms with Crippen LogP contribution in [0.3, 0.4) is 0 Å². The fourth-order valence-electron chi connectivity index (χ4n) is 2.07. The molecule has 0 spiro atoms. The van der Waals surface area contributed by atoms with E-state index in [-0.39, 0.29) is 18.1 Å². The second-order valence-corrected chi connectivity index (χ2v) is 5.91. The van der Waals surface area contributed by atoms with Crippen LogP contribution in [0.1, 0.15) is 16.2 Å². The maximum absolute atomic E-state index is 12.1. The van der Waals surface area contributed by atoms with E-state index in [4.69, 9.17) is 13.9 Å². The van der Waals surface area contributed by atoms with Crippen molar-refractivity contribution in [3.05, 3.63) is 66.1 Å². The first-order valence-electron chi connectivity index (χ1n) is 7.55. The molecule has 0 saturated carbocycles. The summed E-state index contributed by atoms with van der Waals surface area (Å²) >= 11 is 1.20. The summed E-state index contributed by atoms with van der Waals surface area (Å²) in [6.07, 6.45) is 0. The largest absolute Gasteiger partial charge is 0.493 e. The maximum atomic E-state index is 12.1. The number of aromatic nitrogens is 2. The summed E-state index contributed by atoms with van der Waals surface area (Å²) in [5.41, 5.74) is 0.661. The number of para-hydroxylation sites is 2. The number of ketones is 1. The van der Waals surface area contributed by atoms with Crippen LogP contribution in [0.2, 0.25) is 0 Å². The zero-order valence-corrected chi connectivity index (χ0v) is 14.4. The maximum Gasteiger partial charge on any atom is 0.277 e. The number of carbonyl (C=O) groups is 1. The molecule has 7 heteroatoms. The summed E-state index contributed by atoms with van der Waals surface area (Å²) in [7, 11) is 1.58. The molecule has 0 radical (unpaired) electrons. The molecule has 0 aliphatic rings. The highest BCUT2D eigenvalue weighted by atomic mass is 32.2. The molecular formula is C18H16N2O4S. The van der Waals surface area contributed by atoms with Crippen molar-refractivity contribution in [3.63, 3.8) is 0 Å². The zero-order valence-electron chi connectivity index (χ0n) is 13.5. The molecule has 0 aliphatic carbocycles. The van der Waals surface area contributed by atoms with E-state index < -0.39 is 0 Å². The zero-order chi connectivity index (χ0) is 17.5. The standard InChI is InChI=1S/C18H16N2O4S/c1-22-15-9-5-6-10-16(15)23-11-17-19-20-18(24-17)25-12-14(21)13-7-3-2-4-8-13/h2-10H,11-12H2,1H3. The molecule has 0 unspecified atom stereocenters. The van der Waals surface area contributed by atoms with Gasteiger partial charge in [0.15, 0.2) is 23.9 Å². The van der Waals surface area contributed by atoms with Crippen LogP contribution in [0.25, 0.3) is 0 Å². The minimum Gasteiger partial charge on any atom is -0.493 e. The second-order valence-electron chi connectivity index (χ2n) is 4.98. The first-order chi connectivity index (χ1) is 12.3. The van der Waals surface area contributed by atoms with Gasteiger partial charge in [0, 0.05) is 5.56 Å². The Morgan fingerprint density at radius 3 is 2.52 bits per heavy atom. The summed E-state index contributed by atoms with van der Waals surface area (Å²) in [5.74, 6) is 1.80. The van der Waals surface area contributed by atoms with Crippen LogP contribution in [0, 0.1) is 0 Å². The van der Waals surface area contributed by atoms with E-state index in [1.807, 2.05) is 30.3 Å². The summed E-state index contributed by atoms with van der Waals surface area (Å²) in [6.45, 7) is 0.126. The Morgan fingerprint density at radius 1 is 1.04 bits per heavy atom. The van der Waals surface area contributed by atoms with E-state index in [0.29, 0.717) is 28.2 Å². The lowest BCUT2D eigenvalue weighted by atomic mass is 10.2. The molecule has 3 rings (SSSR count). The molecule has 0 amide bonds. The Hall–Kier alpha value is -2.80. The van der Waals surface area contributed by atoms with Gasteiger partial charge in [-0.25, -0.2) is 0 Å². The van der Waals surface area contributed by atoms with Crippen molar-refractivity contribution in [2.75, 3.05) is 12.9 Å². The van der Waals surface area contributed by atoms with Crippen LogP contribution >= 0.6 is 11.8 Å². The van der Waals surface area contributed by atoms with Crippen molar-refractivity contribution < 1.29 is 18.7 Å². The lowest BCUT2D eigenvalue weighted by Gasteiger charge is -2.07. The van der Waals surface area contributed by atoms with Crippen LogP contribution in [-0.4, -0.2) is 28.8 Å². The van der Waals surface area contributed by atoms with Crippen LogP contribution < -0.4 is 9.47 Å². The quantitative estimate of drug-likeness (QED) is 0.451. The number of hydrogen-bond donors (Lipinski definition) is 0. The van der Waals surface area contributed by atoms with Crippen molar-refractivity contribution in [1.82, 2.24) is 10.2 Å². The topological polar surface area (TPSA) is 74.5 Å². The predicted octanol–water partition coefficient (Wildman–Crippen LogP) is 3.63. The number of nitrogens with zero attached hydrogens (tertiary/aromatic N) is 2. The van der Waals surface area contributed by atoms with Gasteiger partial charge in [0.25, 0.3) is 11.1 Å². The number of rotatable bonds is 8. The van der Waals surface area contributed by atoms with Gasteiger partial charge in [0.05, 0.1) is 12.9 Å². The van der Waals surface area contributed by atoms with Crippen LogP contribution in [0.5, 0.6) is 11.5 Å². The molecule has 1 aromatic heterocycles. The van der Waals surface area contributed by atoms with Gasteiger partial charge in [0.2, 0.25) is 0 Å². The smallest absolute Gasteiger partial charge is 0.277 e.